The van der Waals surface area contributed by atoms with E-state index in [4.69, 9.17) is 5.11 Å². The molecular formula is C15H8F24O7. The fourth-order valence-electron chi connectivity index (χ4n) is 1.66. The highest BCUT2D eigenvalue weighted by Gasteiger charge is 2.76. The summed E-state index contributed by atoms with van der Waals surface area (Å²) in [6.45, 7) is -6.62. The molecule has 0 radical (unpaired) electrons. The van der Waals surface area contributed by atoms with Gasteiger partial charge in [-0.1, -0.05) is 0 Å². The standard InChI is InChI=1S/C15H8F24O7/c1-4(16,17)6(20,21)43-12(32,33)14(36,37)45-10(28,29)8(24,25)41-2-3-42-9(26,27)11(30,31)46-15(38,39)13(34,35)44-7(22,23)5(18,19)40/h40H,2-3H2,1H3. The first-order valence-electron chi connectivity index (χ1n) is 9.88. The summed E-state index contributed by atoms with van der Waals surface area (Å²) in [5.74, 6) is -5.77. The van der Waals surface area contributed by atoms with Gasteiger partial charge in [-0.15, -0.1) is 0 Å². The second-order valence-electron chi connectivity index (χ2n) is 7.70. The fourth-order valence-corrected chi connectivity index (χ4v) is 1.66. The lowest BCUT2D eigenvalue weighted by atomic mass is 10.3. The first-order chi connectivity index (χ1) is 19.5. The van der Waals surface area contributed by atoms with Crippen molar-refractivity contribution in [2.75, 3.05) is 13.2 Å². The van der Waals surface area contributed by atoms with Crippen LogP contribution in [0.2, 0.25) is 0 Å². The van der Waals surface area contributed by atoms with Crippen molar-refractivity contribution in [3.05, 3.63) is 0 Å². The van der Waals surface area contributed by atoms with Crippen LogP contribution in [0.5, 0.6) is 0 Å². The number of aliphatic hydroxyl groups is 1. The van der Waals surface area contributed by atoms with Gasteiger partial charge in [0.1, 0.15) is 0 Å². The molecule has 0 aliphatic rings. The van der Waals surface area contributed by atoms with Crippen molar-refractivity contribution in [2.45, 2.75) is 80.0 Å². The maximum absolute atomic E-state index is 13.3. The van der Waals surface area contributed by atoms with Gasteiger partial charge in [0.15, 0.2) is 0 Å². The van der Waals surface area contributed by atoms with Gasteiger partial charge in [0.05, 0.1) is 13.2 Å². The minimum atomic E-state index is -7.53. The average Bonchev–Trinajstić information content (AvgIpc) is 2.71. The molecule has 46 heavy (non-hydrogen) atoms. The second-order valence-corrected chi connectivity index (χ2v) is 7.70. The summed E-state index contributed by atoms with van der Waals surface area (Å²) in [5.41, 5.74) is 0. The summed E-state index contributed by atoms with van der Waals surface area (Å²) in [7, 11) is 0. The molecule has 278 valence electrons. The third kappa shape index (κ3) is 9.79. The normalized spacial score (nSPS) is 16.3. The first kappa shape index (κ1) is 44.0. The van der Waals surface area contributed by atoms with Crippen molar-refractivity contribution >= 4 is 0 Å². The van der Waals surface area contributed by atoms with E-state index in [2.05, 4.69) is 9.47 Å². The second kappa shape index (κ2) is 12.5. The third-order valence-electron chi connectivity index (χ3n) is 3.89. The molecule has 0 fully saturated rings. The maximum atomic E-state index is 13.3. The minimum absolute atomic E-state index is 0.953. The molecule has 1 N–H and O–H groups in total. The first-order valence-corrected chi connectivity index (χ1v) is 9.88. The zero-order valence-corrected chi connectivity index (χ0v) is 20.4. The highest BCUT2D eigenvalue weighted by molar-refractivity contribution is 4.80. The van der Waals surface area contributed by atoms with Crippen LogP contribution >= 0.6 is 0 Å². The summed E-state index contributed by atoms with van der Waals surface area (Å²) in [5, 5.41) is 7.56. The summed E-state index contributed by atoms with van der Waals surface area (Å²) in [4.78, 5) is 0. The number of rotatable bonds is 19. The van der Waals surface area contributed by atoms with E-state index < -0.39 is 93.3 Å². The fraction of sp³-hybridized carbons (Fsp3) is 1.00. The summed E-state index contributed by atoms with van der Waals surface area (Å²) < 4.78 is 322. The average molecular weight is 756 g/mol. The highest BCUT2D eigenvalue weighted by Crippen LogP contribution is 2.51. The van der Waals surface area contributed by atoms with E-state index in [-0.39, 0.29) is 0 Å². The molecule has 0 rings (SSSR count). The predicted octanol–water partition coefficient (Wildman–Crippen LogP) is 7.25. The van der Waals surface area contributed by atoms with Crippen molar-refractivity contribution in [1.82, 2.24) is 0 Å². The molecule has 0 saturated heterocycles. The molecule has 0 aliphatic heterocycles. The molecule has 7 nitrogen and oxygen atoms in total. The lowest BCUT2D eigenvalue weighted by Gasteiger charge is -2.34. The monoisotopic (exact) mass is 756 g/mol. The van der Waals surface area contributed by atoms with E-state index in [0.29, 0.717) is 0 Å². The van der Waals surface area contributed by atoms with Gasteiger partial charge in [0.2, 0.25) is 0 Å². The van der Waals surface area contributed by atoms with Crippen LogP contribution < -0.4 is 0 Å². The maximum Gasteiger partial charge on any atom is 0.453 e. The Morgan fingerprint density at radius 2 is 0.522 bits per heavy atom. The van der Waals surface area contributed by atoms with E-state index in [1.165, 1.54) is 9.47 Å². The van der Waals surface area contributed by atoms with E-state index >= 15 is 0 Å². The molecule has 0 amide bonds. The van der Waals surface area contributed by atoms with Crippen LogP contribution in [0, 0.1) is 0 Å². The Balaban J connectivity index is 5.60. The zero-order valence-electron chi connectivity index (χ0n) is 20.4. The van der Waals surface area contributed by atoms with Gasteiger partial charge in [-0.3, -0.25) is 0 Å². The van der Waals surface area contributed by atoms with Crippen LogP contribution in [-0.2, 0) is 28.4 Å². The van der Waals surface area contributed by atoms with Gasteiger partial charge in [-0.2, -0.15) is 105 Å². The van der Waals surface area contributed by atoms with Crippen LogP contribution in [0.4, 0.5) is 105 Å². The molecule has 0 saturated carbocycles. The number of halogens is 24. The number of hydrogen-bond acceptors (Lipinski definition) is 7. The van der Waals surface area contributed by atoms with Gasteiger partial charge >= 0.3 is 73.1 Å². The van der Waals surface area contributed by atoms with E-state index in [1.54, 1.807) is 9.47 Å². The Labute approximate surface area is 233 Å². The Bertz CT molecular complexity index is 938. The largest absolute Gasteiger partial charge is 0.453 e. The van der Waals surface area contributed by atoms with Gasteiger partial charge in [0.25, 0.3) is 0 Å². The van der Waals surface area contributed by atoms with Gasteiger partial charge in [-0.05, 0) is 0 Å². The Hall–Kier alpha value is -1.96. The number of alkyl halides is 24. The van der Waals surface area contributed by atoms with Crippen molar-refractivity contribution in [3.8, 4) is 0 Å². The lowest BCUT2D eigenvalue weighted by Crippen LogP contribution is -2.58. The predicted molar refractivity (Wildman–Crippen MR) is 83.5 cm³/mol. The molecule has 0 bridgehead atoms. The number of hydrogen-bond donors (Lipinski definition) is 1. The summed E-state index contributed by atoms with van der Waals surface area (Å²) in [6, 6.07) is 0. The van der Waals surface area contributed by atoms with Crippen LogP contribution in [0.3, 0.4) is 0 Å². The Morgan fingerprint density at radius 3 is 0.739 bits per heavy atom. The van der Waals surface area contributed by atoms with Crippen molar-refractivity contribution in [1.29, 1.82) is 0 Å². The van der Waals surface area contributed by atoms with E-state index in [9.17, 15) is 105 Å². The molecule has 0 aromatic heterocycles. The quantitative estimate of drug-likeness (QED) is 0.110. The molecule has 0 atom stereocenters. The molecule has 0 spiro atoms. The molecule has 0 heterocycles. The molecule has 0 aromatic carbocycles. The minimum Gasteiger partial charge on any atom is -0.329 e. The van der Waals surface area contributed by atoms with Crippen molar-refractivity contribution in [2.24, 2.45) is 0 Å². The SMILES string of the molecule is CC(F)(F)C(F)(F)OC(F)(F)C(F)(F)OC(F)(F)C(F)(F)OCCOC(F)(F)C(F)(F)OC(F)(F)C(F)(F)OC(F)(F)C(O)(F)F. The topological polar surface area (TPSA) is 75.6 Å². The Kier molecular flexibility index (Phi) is 12.0. The van der Waals surface area contributed by atoms with Crippen LogP contribution in [0.1, 0.15) is 6.92 Å². The van der Waals surface area contributed by atoms with Gasteiger partial charge in [-0.25, -0.2) is 18.9 Å². The smallest absolute Gasteiger partial charge is 0.329 e. The zero-order chi connectivity index (χ0) is 37.7. The summed E-state index contributed by atoms with van der Waals surface area (Å²) in [6.07, 6.45) is -78.7. The van der Waals surface area contributed by atoms with E-state index in [0.717, 1.165) is 0 Å². The van der Waals surface area contributed by atoms with Gasteiger partial charge in [0, 0.05) is 6.92 Å². The molecule has 31 heteroatoms. The van der Waals surface area contributed by atoms with E-state index in [1.807, 2.05) is 0 Å². The molecule has 0 aromatic rings. The van der Waals surface area contributed by atoms with Crippen molar-refractivity contribution < 1.29 is 139 Å². The molecular weight excluding hydrogens is 748 g/mol. The summed E-state index contributed by atoms with van der Waals surface area (Å²) >= 11 is 0. The van der Waals surface area contributed by atoms with Crippen LogP contribution in [-0.4, -0.2) is 91.4 Å². The van der Waals surface area contributed by atoms with Crippen molar-refractivity contribution in [3.63, 3.8) is 0 Å². The highest BCUT2D eigenvalue weighted by atomic mass is 19.4. The molecule has 0 unspecified atom stereocenters. The van der Waals surface area contributed by atoms with Crippen LogP contribution in [0.15, 0.2) is 0 Å². The molecule has 0 aliphatic carbocycles. The van der Waals surface area contributed by atoms with Crippen LogP contribution in [0.25, 0.3) is 0 Å². The third-order valence-corrected chi connectivity index (χ3v) is 3.89. The lowest BCUT2D eigenvalue weighted by molar-refractivity contribution is -0.562. The number of ether oxygens (including phenoxy) is 6. The Morgan fingerprint density at radius 1 is 0.326 bits per heavy atom. The van der Waals surface area contributed by atoms with Gasteiger partial charge < -0.3 is 14.6 Å².